The number of imide groups is 1. The van der Waals surface area contributed by atoms with Crippen LogP contribution in [0.5, 0.6) is 5.75 Å². The van der Waals surface area contributed by atoms with Gasteiger partial charge in [-0.1, -0.05) is 0 Å². The number of methoxy groups -OCH3 is 1. The van der Waals surface area contributed by atoms with Gasteiger partial charge in [-0.2, -0.15) is 0 Å². The molecule has 9 nitrogen and oxygen atoms in total. The number of nitrogens with one attached hydrogen (secondary N) is 2. The predicted octanol–water partition coefficient (Wildman–Crippen LogP) is 1.60. The van der Waals surface area contributed by atoms with Crippen molar-refractivity contribution < 1.29 is 23.9 Å². The second-order valence-corrected chi connectivity index (χ2v) is 6.30. The van der Waals surface area contributed by atoms with Gasteiger partial charge in [-0.15, -0.1) is 0 Å². The summed E-state index contributed by atoms with van der Waals surface area (Å²) in [5, 5.41) is 2.14. The van der Waals surface area contributed by atoms with Crippen LogP contribution < -0.4 is 15.7 Å². The lowest BCUT2D eigenvalue weighted by Crippen LogP contribution is -2.34. The second-order valence-electron chi connectivity index (χ2n) is 6.30. The summed E-state index contributed by atoms with van der Waals surface area (Å²) in [6, 6.07) is 12.3. The van der Waals surface area contributed by atoms with Gasteiger partial charge in [0.25, 0.3) is 11.8 Å². The average molecular weight is 409 g/mol. The molecule has 3 rings (SSSR count). The fourth-order valence-corrected chi connectivity index (χ4v) is 2.71. The third-order valence-corrected chi connectivity index (χ3v) is 4.26. The van der Waals surface area contributed by atoms with E-state index in [2.05, 4.69) is 10.3 Å². The highest BCUT2D eigenvalue weighted by atomic mass is 16.5. The highest BCUT2D eigenvalue weighted by Crippen LogP contribution is 2.12. The van der Waals surface area contributed by atoms with Crippen LogP contribution in [-0.4, -0.2) is 41.1 Å². The zero-order chi connectivity index (χ0) is 21.7. The predicted molar refractivity (Wildman–Crippen MR) is 107 cm³/mol. The summed E-state index contributed by atoms with van der Waals surface area (Å²) in [7, 11) is 1.50. The molecule has 2 N–H and O–H groups in total. The molecular formula is C21H19N3O6. The Labute approximate surface area is 171 Å². The van der Waals surface area contributed by atoms with Gasteiger partial charge in [-0.25, -0.2) is 9.59 Å². The van der Waals surface area contributed by atoms with Crippen LogP contribution in [0.25, 0.3) is 5.69 Å². The smallest absolute Gasteiger partial charge is 0.338 e. The first-order valence-electron chi connectivity index (χ1n) is 8.92. The van der Waals surface area contributed by atoms with E-state index in [9.17, 15) is 19.2 Å². The number of aryl methyl sites for hydroxylation is 1. The van der Waals surface area contributed by atoms with E-state index in [-0.39, 0.29) is 16.8 Å². The Morgan fingerprint density at radius 2 is 1.63 bits per heavy atom. The van der Waals surface area contributed by atoms with E-state index in [1.807, 2.05) is 0 Å². The van der Waals surface area contributed by atoms with Crippen molar-refractivity contribution in [3.8, 4) is 11.4 Å². The first-order chi connectivity index (χ1) is 14.4. The van der Waals surface area contributed by atoms with E-state index in [0.717, 1.165) is 0 Å². The van der Waals surface area contributed by atoms with Gasteiger partial charge in [0, 0.05) is 17.5 Å². The first-order valence-corrected chi connectivity index (χ1v) is 8.92. The zero-order valence-electron chi connectivity index (χ0n) is 16.3. The minimum absolute atomic E-state index is 0.203. The number of hydrogen-bond donors (Lipinski definition) is 2. The van der Waals surface area contributed by atoms with Gasteiger partial charge < -0.3 is 14.5 Å². The van der Waals surface area contributed by atoms with Crippen molar-refractivity contribution in [2.75, 3.05) is 13.7 Å². The Hall–Kier alpha value is -4.14. The van der Waals surface area contributed by atoms with Gasteiger partial charge in [0.05, 0.1) is 18.4 Å². The molecule has 0 fully saturated rings. The number of rotatable bonds is 6. The summed E-state index contributed by atoms with van der Waals surface area (Å²) < 4.78 is 11.4. The second kappa shape index (κ2) is 8.91. The van der Waals surface area contributed by atoms with Crippen LogP contribution in [0, 0.1) is 6.92 Å². The van der Waals surface area contributed by atoms with Crippen molar-refractivity contribution in [3.63, 3.8) is 0 Å². The number of carbonyl (C=O) groups excluding carboxylic acids is 3. The van der Waals surface area contributed by atoms with Crippen molar-refractivity contribution in [2.24, 2.45) is 0 Å². The maximum atomic E-state index is 12.1. The Balaban J connectivity index is 1.55. The molecule has 2 aromatic carbocycles. The molecule has 0 unspecified atom stereocenters. The summed E-state index contributed by atoms with van der Waals surface area (Å²) in [6.07, 6.45) is 1.58. The van der Waals surface area contributed by atoms with Gasteiger partial charge in [-0.3, -0.25) is 19.5 Å². The summed E-state index contributed by atoms with van der Waals surface area (Å²) >= 11 is 0. The lowest BCUT2D eigenvalue weighted by molar-refractivity contribution is -0.123. The molecule has 0 radical (unpaired) electrons. The van der Waals surface area contributed by atoms with E-state index < -0.39 is 24.4 Å². The minimum Gasteiger partial charge on any atom is -0.497 e. The Kier molecular flexibility index (Phi) is 6.11. The van der Waals surface area contributed by atoms with Crippen molar-refractivity contribution >= 4 is 17.8 Å². The molecule has 1 heterocycles. The van der Waals surface area contributed by atoms with Crippen LogP contribution in [0.15, 0.2) is 59.5 Å². The SMILES string of the molecule is COc1ccc(C(=O)NC(=O)COC(=O)c2ccc(-n3c(C)c[nH]c3=O)cc2)cc1. The maximum Gasteiger partial charge on any atom is 0.338 e. The number of nitrogens with zero attached hydrogens (tertiary/aromatic N) is 1. The molecule has 2 amide bonds. The monoisotopic (exact) mass is 409 g/mol. The van der Waals surface area contributed by atoms with Crippen LogP contribution in [0.4, 0.5) is 0 Å². The van der Waals surface area contributed by atoms with Crippen LogP contribution >= 0.6 is 0 Å². The van der Waals surface area contributed by atoms with Crippen LogP contribution in [0.1, 0.15) is 26.4 Å². The van der Waals surface area contributed by atoms with Gasteiger partial charge >= 0.3 is 11.7 Å². The summed E-state index contributed by atoms with van der Waals surface area (Å²) in [5.74, 6) is -1.52. The maximum absolute atomic E-state index is 12.1. The molecule has 0 bridgehead atoms. The highest BCUT2D eigenvalue weighted by Gasteiger charge is 2.14. The Morgan fingerprint density at radius 3 is 2.20 bits per heavy atom. The van der Waals surface area contributed by atoms with Crippen LogP contribution in [0.2, 0.25) is 0 Å². The van der Waals surface area contributed by atoms with Gasteiger partial charge in [0.2, 0.25) is 0 Å². The number of aromatic amines is 1. The third-order valence-electron chi connectivity index (χ3n) is 4.26. The van der Waals surface area contributed by atoms with Crippen LogP contribution in [-0.2, 0) is 9.53 Å². The molecule has 30 heavy (non-hydrogen) atoms. The van der Waals surface area contributed by atoms with Crippen molar-refractivity contribution in [1.82, 2.24) is 14.9 Å². The molecule has 0 aliphatic carbocycles. The van der Waals surface area contributed by atoms with E-state index in [4.69, 9.17) is 9.47 Å². The average Bonchev–Trinajstić information content (AvgIpc) is 3.10. The van der Waals surface area contributed by atoms with Gasteiger partial charge in [0.15, 0.2) is 6.61 Å². The number of esters is 1. The first kappa shape index (κ1) is 20.6. The Morgan fingerprint density at radius 1 is 1.00 bits per heavy atom. The normalized spacial score (nSPS) is 10.3. The molecule has 0 aliphatic rings. The fourth-order valence-electron chi connectivity index (χ4n) is 2.71. The molecule has 154 valence electrons. The van der Waals surface area contributed by atoms with E-state index in [0.29, 0.717) is 17.1 Å². The van der Waals surface area contributed by atoms with E-state index >= 15 is 0 Å². The van der Waals surface area contributed by atoms with Gasteiger partial charge in [0.1, 0.15) is 5.75 Å². The summed E-state index contributed by atoms with van der Waals surface area (Å²) in [4.78, 5) is 50.4. The summed E-state index contributed by atoms with van der Waals surface area (Å²) in [5.41, 5.74) is 1.48. The highest BCUT2D eigenvalue weighted by molar-refractivity contribution is 6.05. The number of imidazole rings is 1. The number of H-pyrrole nitrogens is 1. The van der Waals surface area contributed by atoms with Gasteiger partial charge in [-0.05, 0) is 55.5 Å². The molecule has 9 heteroatoms. The number of hydrogen-bond acceptors (Lipinski definition) is 6. The molecule has 0 saturated heterocycles. The fraction of sp³-hybridized carbons (Fsp3) is 0.143. The molecule has 3 aromatic rings. The van der Waals surface area contributed by atoms with Crippen molar-refractivity contribution in [1.29, 1.82) is 0 Å². The standard InChI is InChI=1S/C21H19N3O6/c1-13-11-22-21(28)24(13)16-7-3-15(4-8-16)20(27)30-12-18(25)23-19(26)14-5-9-17(29-2)10-6-14/h3-11H,12H2,1-2H3,(H,22,28)(H,23,25,26). The zero-order valence-corrected chi connectivity index (χ0v) is 16.3. The summed E-state index contributed by atoms with van der Waals surface area (Å²) in [6.45, 7) is 1.16. The molecule has 0 spiro atoms. The largest absolute Gasteiger partial charge is 0.497 e. The Bertz CT molecular complexity index is 1130. The third kappa shape index (κ3) is 4.64. The topological polar surface area (TPSA) is 119 Å². The minimum atomic E-state index is -0.754. The molecule has 0 atom stereocenters. The lowest BCUT2D eigenvalue weighted by atomic mass is 10.2. The molecule has 1 aromatic heterocycles. The number of carbonyl (C=O) groups is 3. The van der Waals surface area contributed by atoms with E-state index in [1.54, 1.807) is 37.4 Å². The number of aromatic nitrogens is 2. The van der Waals surface area contributed by atoms with Crippen LogP contribution in [0.3, 0.4) is 0 Å². The quantitative estimate of drug-likeness (QED) is 0.597. The number of amides is 2. The molecule has 0 saturated carbocycles. The number of ether oxygens (including phenoxy) is 2. The van der Waals surface area contributed by atoms with Crippen molar-refractivity contribution in [2.45, 2.75) is 6.92 Å². The molecular weight excluding hydrogens is 390 g/mol. The lowest BCUT2D eigenvalue weighted by Gasteiger charge is -2.08. The van der Waals surface area contributed by atoms with Crippen molar-refractivity contribution in [3.05, 3.63) is 82.0 Å². The number of benzene rings is 2. The van der Waals surface area contributed by atoms with E-state index in [1.165, 1.54) is 35.9 Å². The molecule has 0 aliphatic heterocycles.